The van der Waals surface area contributed by atoms with Crippen molar-refractivity contribution in [2.75, 3.05) is 14.2 Å². The quantitative estimate of drug-likeness (QED) is 0.207. The number of thiazole rings is 1. The highest BCUT2D eigenvalue weighted by molar-refractivity contribution is 7.15. The first-order valence-corrected chi connectivity index (χ1v) is 16.6. The van der Waals surface area contributed by atoms with Gasteiger partial charge in [-0.1, -0.05) is 19.3 Å². The first kappa shape index (κ1) is 29.7. The zero-order valence-electron chi connectivity index (χ0n) is 25.4. The summed E-state index contributed by atoms with van der Waals surface area (Å²) >= 11 is 1.75. The van der Waals surface area contributed by atoms with Gasteiger partial charge < -0.3 is 14.8 Å². The van der Waals surface area contributed by atoms with Gasteiger partial charge in [0.05, 0.1) is 41.5 Å². The van der Waals surface area contributed by atoms with Crippen molar-refractivity contribution in [1.29, 1.82) is 0 Å². The van der Waals surface area contributed by atoms with Crippen molar-refractivity contribution in [2.24, 2.45) is 11.3 Å². The van der Waals surface area contributed by atoms with E-state index in [1.165, 1.54) is 25.0 Å². The molecule has 0 saturated heterocycles. The van der Waals surface area contributed by atoms with Crippen molar-refractivity contribution in [2.45, 2.75) is 95.4 Å². The number of rotatable bonds is 9. The molecular weight excluding hydrogens is 560 g/mol. The van der Waals surface area contributed by atoms with Crippen LogP contribution in [0.15, 0.2) is 36.7 Å². The van der Waals surface area contributed by atoms with Crippen LogP contribution in [0.3, 0.4) is 0 Å². The molecule has 3 aliphatic carbocycles. The lowest BCUT2D eigenvalue weighted by Gasteiger charge is -2.38. The third-order valence-corrected chi connectivity index (χ3v) is 11.0. The number of methoxy groups -OCH3 is 2. The second-order valence-corrected chi connectivity index (χ2v) is 13.6. The highest BCUT2D eigenvalue weighted by Gasteiger charge is 2.49. The number of nitrogens with one attached hydrogen (secondary N) is 1. The highest BCUT2D eigenvalue weighted by Crippen LogP contribution is 2.45. The summed E-state index contributed by atoms with van der Waals surface area (Å²) in [6, 6.07) is 7.92. The molecule has 3 fully saturated rings. The normalized spacial score (nSPS) is 22.4. The number of aryl methyl sites for hydroxylation is 1. The minimum absolute atomic E-state index is 0.184. The van der Waals surface area contributed by atoms with Gasteiger partial charge >= 0.3 is 5.97 Å². The van der Waals surface area contributed by atoms with Crippen LogP contribution in [0.1, 0.15) is 111 Å². The molecule has 3 aliphatic rings. The van der Waals surface area contributed by atoms with Crippen molar-refractivity contribution >= 4 is 23.2 Å². The summed E-state index contributed by atoms with van der Waals surface area (Å²) in [5, 5.41) is 4.58. The molecule has 3 aromatic heterocycles. The van der Waals surface area contributed by atoms with E-state index in [9.17, 15) is 9.59 Å². The van der Waals surface area contributed by atoms with Crippen molar-refractivity contribution < 1.29 is 19.1 Å². The number of carbonyl (C=O) groups excluding carboxylic acids is 2. The van der Waals surface area contributed by atoms with Crippen LogP contribution < -0.4 is 10.1 Å². The van der Waals surface area contributed by atoms with Gasteiger partial charge in [-0.15, -0.1) is 11.3 Å². The van der Waals surface area contributed by atoms with Crippen LogP contribution in [0.25, 0.3) is 10.4 Å². The Morgan fingerprint density at radius 1 is 0.977 bits per heavy atom. The van der Waals surface area contributed by atoms with Crippen molar-refractivity contribution in [3.63, 3.8) is 0 Å². The Morgan fingerprint density at radius 2 is 1.72 bits per heavy atom. The van der Waals surface area contributed by atoms with Crippen LogP contribution in [0, 0.1) is 18.3 Å². The molecule has 0 aromatic carbocycles. The van der Waals surface area contributed by atoms with Gasteiger partial charge in [0.25, 0.3) is 0 Å². The Morgan fingerprint density at radius 3 is 2.40 bits per heavy atom. The van der Waals surface area contributed by atoms with Crippen LogP contribution in [0.4, 0.5) is 0 Å². The summed E-state index contributed by atoms with van der Waals surface area (Å²) in [7, 11) is 3.06. The van der Waals surface area contributed by atoms with Crippen LogP contribution in [0.2, 0.25) is 0 Å². The Balaban J connectivity index is 1.27. The average Bonchev–Trinajstić information content (AvgIpc) is 3.79. The molecule has 43 heavy (non-hydrogen) atoms. The van der Waals surface area contributed by atoms with Gasteiger partial charge in [0, 0.05) is 29.9 Å². The van der Waals surface area contributed by atoms with Gasteiger partial charge in [-0.25, -0.2) is 4.98 Å². The van der Waals surface area contributed by atoms with E-state index in [0.717, 1.165) is 78.2 Å². The fourth-order valence-corrected chi connectivity index (χ4v) is 8.14. The van der Waals surface area contributed by atoms with E-state index < -0.39 is 11.4 Å². The van der Waals surface area contributed by atoms with Crippen LogP contribution in [0.5, 0.6) is 5.75 Å². The molecule has 6 rings (SSSR count). The number of amides is 1. The Kier molecular flexibility index (Phi) is 8.80. The van der Waals surface area contributed by atoms with Crippen molar-refractivity contribution in [1.82, 2.24) is 20.3 Å². The molecule has 228 valence electrons. The van der Waals surface area contributed by atoms with E-state index in [4.69, 9.17) is 19.4 Å². The minimum Gasteiger partial charge on any atom is -0.495 e. The summed E-state index contributed by atoms with van der Waals surface area (Å²) < 4.78 is 10.6. The molecule has 1 amide bonds. The number of pyridine rings is 2. The molecule has 0 bridgehead atoms. The Hall–Kier alpha value is -3.33. The maximum atomic E-state index is 14.1. The monoisotopic (exact) mass is 602 g/mol. The van der Waals surface area contributed by atoms with Gasteiger partial charge in [0.1, 0.15) is 11.2 Å². The summed E-state index contributed by atoms with van der Waals surface area (Å²) in [6.45, 7) is 1.98. The number of hydrogen-bond donors (Lipinski definition) is 1. The van der Waals surface area contributed by atoms with Gasteiger partial charge in [-0.05, 0) is 94.0 Å². The molecule has 0 aliphatic heterocycles. The second kappa shape index (κ2) is 12.7. The van der Waals surface area contributed by atoms with E-state index in [0.29, 0.717) is 24.7 Å². The molecule has 1 unspecified atom stereocenters. The maximum Gasteiger partial charge on any atom is 0.321 e. The molecular formula is C34H42N4O4S. The Bertz CT molecular complexity index is 1450. The summed E-state index contributed by atoms with van der Waals surface area (Å²) in [6.07, 6.45) is 13.8. The van der Waals surface area contributed by atoms with E-state index >= 15 is 0 Å². The molecule has 3 heterocycles. The average molecular weight is 603 g/mol. The number of hydrogen-bond acceptors (Lipinski definition) is 8. The molecule has 1 N–H and O–H groups in total. The van der Waals surface area contributed by atoms with Gasteiger partial charge in [-0.2, -0.15) is 0 Å². The third-order valence-electron chi connectivity index (χ3n) is 9.78. The lowest BCUT2D eigenvalue weighted by molar-refractivity contribution is -0.161. The molecule has 0 spiro atoms. The predicted octanol–water partition coefficient (Wildman–Crippen LogP) is 7.05. The number of esters is 1. The van der Waals surface area contributed by atoms with Crippen molar-refractivity contribution in [3.8, 4) is 16.2 Å². The number of aromatic nitrogens is 3. The third kappa shape index (κ3) is 6.19. The Labute approximate surface area is 258 Å². The van der Waals surface area contributed by atoms with Gasteiger partial charge in [-0.3, -0.25) is 19.6 Å². The number of carbonyl (C=O) groups is 2. The fraction of sp³-hybridized carbons (Fsp3) is 0.559. The SMILES string of the molecule is COC(=O)C1(C(=O)NC(c2cc(-c3cnc(C4CC4)s3)ccn2)C2CCC(c3ccc(OC)c(C)n3)CC2)CCCCC1. The molecule has 0 radical (unpaired) electrons. The topological polar surface area (TPSA) is 103 Å². The smallest absolute Gasteiger partial charge is 0.321 e. The minimum atomic E-state index is -1.14. The van der Waals surface area contributed by atoms with Crippen LogP contribution in [-0.4, -0.2) is 41.0 Å². The summed E-state index contributed by atoms with van der Waals surface area (Å²) in [4.78, 5) is 42.6. The van der Waals surface area contributed by atoms with Gasteiger partial charge in [0.15, 0.2) is 0 Å². The second-order valence-electron chi connectivity index (χ2n) is 12.5. The molecule has 3 aromatic rings. The van der Waals surface area contributed by atoms with Crippen molar-refractivity contribution in [3.05, 3.63) is 58.7 Å². The first-order valence-electron chi connectivity index (χ1n) is 15.7. The first-order chi connectivity index (χ1) is 20.9. The lowest BCUT2D eigenvalue weighted by Crippen LogP contribution is -2.50. The largest absolute Gasteiger partial charge is 0.495 e. The van der Waals surface area contributed by atoms with Gasteiger partial charge in [0.2, 0.25) is 5.91 Å². The molecule has 9 heteroatoms. The molecule has 3 saturated carbocycles. The predicted molar refractivity (Wildman–Crippen MR) is 166 cm³/mol. The molecule has 8 nitrogen and oxygen atoms in total. The number of ether oxygens (including phenoxy) is 2. The highest BCUT2D eigenvalue weighted by atomic mass is 32.1. The maximum absolute atomic E-state index is 14.1. The van der Waals surface area contributed by atoms with E-state index in [2.05, 4.69) is 22.4 Å². The zero-order chi connectivity index (χ0) is 30.0. The van der Waals surface area contributed by atoms with E-state index in [1.807, 2.05) is 31.5 Å². The summed E-state index contributed by atoms with van der Waals surface area (Å²) in [5.74, 6) is 1.31. The number of nitrogens with zero attached hydrogens (tertiary/aromatic N) is 3. The lowest BCUT2D eigenvalue weighted by atomic mass is 9.72. The van der Waals surface area contributed by atoms with Crippen LogP contribution in [-0.2, 0) is 14.3 Å². The summed E-state index contributed by atoms with van der Waals surface area (Å²) in [5.41, 5.74) is 2.77. The van der Waals surface area contributed by atoms with E-state index in [-0.39, 0.29) is 17.9 Å². The molecule has 1 atom stereocenters. The standard InChI is InChI=1S/C34H42N4O4S/c1-21-28(41-2)14-13-26(37-21)22-7-9-23(10-8-22)30(38-32(39)34(33(40)42-3)16-5-4-6-17-34)27-19-25(15-18-35-27)29-20-36-31(43-29)24-11-12-24/h13-15,18-20,22-24,30H,4-12,16-17H2,1-3H3,(H,38,39). The van der Waals surface area contributed by atoms with Crippen LogP contribution >= 0.6 is 11.3 Å². The zero-order valence-corrected chi connectivity index (χ0v) is 26.3. The van der Waals surface area contributed by atoms with E-state index in [1.54, 1.807) is 18.4 Å². The fourth-order valence-electron chi connectivity index (χ4n) is 7.06.